The molecule has 142 valence electrons. The topological polar surface area (TPSA) is 87.7 Å². The molecule has 6 nitrogen and oxygen atoms in total. The molecule has 1 aromatic rings. The maximum Gasteiger partial charge on any atom is 0.223 e. The molecule has 2 amide bonds. The van der Waals surface area contributed by atoms with Crippen LogP contribution in [0.5, 0.6) is 0 Å². The van der Waals surface area contributed by atoms with E-state index in [2.05, 4.69) is 10.6 Å². The van der Waals surface area contributed by atoms with Crippen molar-refractivity contribution >= 4 is 23.4 Å². The minimum absolute atomic E-state index is 0.0491. The summed E-state index contributed by atoms with van der Waals surface area (Å²) in [5.41, 5.74) is 0.864. The summed E-state index contributed by atoms with van der Waals surface area (Å²) < 4.78 is 5.84. The number of amides is 2. The summed E-state index contributed by atoms with van der Waals surface area (Å²) in [6.45, 7) is 0.197. The molecule has 1 aliphatic heterocycles. The van der Waals surface area contributed by atoms with Gasteiger partial charge >= 0.3 is 0 Å². The molecule has 1 heterocycles. The van der Waals surface area contributed by atoms with Gasteiger partial charge in [-0.25, -0.2) is 0 Å². The van der Waals surface area contributed by atoms with E-state index in [9.17, 15) is 14.7 Å². The molecular weight excluding hydrogens is 356 g/mol. The number of nitrogens with one attached hydrogen (secondary N) is 2. The summed E-state index contributed by atoms with van der Waals surface area (Å²) in [6, 6.07) is 7.19. The number of carbonyl (C=O) groups is 2. The maximum atomic E-state index is 12.2. The third kappa shape index (κ3) is 5.19. The number of rotatable bonds is 7. The van der Waals surface area contributed by atoms with Crippen molar-refractivity contribution in [3.63, 3.8) is 0 Å². The standard InChI is InChI=1S/C19H25ClN2O4/c20-15-4-2-1-3-13(15)10-21-18(24)9-14-7-8-16(17(11-23)26-14)22-19(25)12-5-6-12/h1-4,12,14,16-17,23H,5-11H2,(H,21,24)(H,22,25)/t14-,16-,17+/m1/s1. The van der Waals surface area contributed by atoms with E-state index < -0.39 is 6.10 Å². The van der Waals surface area contributed by atoms with Crippen molar-refractivity contribution < 1.29 is 19.4 Å². The van der Waals surface area contributed by atoms with Crippen LogP contribution in [0.1, 0.15) is 37.7 Å². The van der Waals surface area contributed by atoms with Gasteiger partial charge in [-0.2, -0.15) is 0 Å². The molecule has 1 saturated heterocycles. The summed E-state index contributed by atoms with van der Waals surface area (Å²) in [5, 5.41) is 16.0. The van der Waals surface area contributed by atoms with Crippen LogP contribution in [0.4, 0.5) is 0 Å². The molecule has 1 aromatic carbocycles. The van der Waals surface area contributed by atoms with Crippen LogP contribution < -0.4 is 10.6 Å². The Morgan fingerprint density at radius 2 is 1.96 bits per heavy atom. The fourth-order valence-corrected chi connectivity index (χ4v) is 3.41. The van der Waals surface area contributed by atoms with E-state index >= 15 is 0 Å². The van der Waals surface area contributed by atoms with Gasteiger partial charge in [0, 0.05) is 17.5 Å². The van der Waals surface area contributed by atoms with Gasteiger partial charge in [-0.3, -0.25) is 9.59 Å². The number of halogens is 1. The van der Waals surface area contributed by atoms with Crippen LogP contribution in [0.15, 0.2) is 24.3 Å². The summed E-state index contributed by atoms with van der Waals surface area (Å²) in [5.74, 6) is 0.0581. The Kier molecular flexibility index (Phi) is 6.51. The lowest BCUT2D eigenvalue weighted by Crippen LogP contribution is -2.51. The zero-order chi connectivity index (χ0) is 18.5. The number of hydrogen-bond donors (Lipinski definition) is 3. The molecule has 0 radical (unpaired) electrons. The van der Waals surface area contributed by atoms with Gasteiger partial charge in [0.25, 0.3) is 0 Å². The molecule has 7 heteroatoms. The fraction of sp³-hybridized carbons (Fsp3) is 0.579. The zero-order valence-corrected chi connectivity index (χ0v) is 15.4. The Labute approximate surface area is 158 Å². The molecule has 0 unspecified atom stereocenters. The van der Waals surface area contributed by atoms with E-state index in [1.165, 1.54) is 0 Å². The first-order valence-electron chi connectivity index (χ1n) is 9.13. The molecule has 0 aromatic heterocycles. The Bertz CT molecular complexity index is 650. The number of aliphatic hydroxyl groups excluding tert-OH is 1. The lowest BCUT2D eigenvalue weighted by Gasteiger charge is -2.36. The van der Waals surface area contributed by atoms with Gasteiger partial charge in [0.2, 0.25) is 11.8 Å². The van der Waals surface area contributed by atoms with Crippen LogP contribution in [0.3, 0.4) is 0 Å². The quantitative estimate of drug-likeness (QED) is 0.673. The number of ether oxygens (including phenoxy) is 1. The molecule has 0 bridgehead atoms. The number of hydrogen-bond acceptors (Lipinski definition) is 4. The van der Waals surface area contributed by atoms with Gasteiger partial charge in [-0.15, -0.1) is 0 Å². The Morgan fingerprint density at radius 1 is 1.19 bits per heavy atom. The first kappa shape index (κ1) is 19.1. The lowest BCUT2D eigenvalue weighted by molar-refractivity contribution is -0.136. The summed E-state index contributed by atoms with van der Waals surface area (Å²) >= 11 is 6.08. The van der Waals surface area contributed by atoms with E-state index in [4.69, 9.17) is 16.3 Å². The third-order valence-electron chi connectivity index (χ3n) is 4.92. The second kappa shape index (κ2) is 8.84. The molecule has 2 aliphatic rings. The van der Waals surface area contributed by atoms with Crippen LogP contribution >= 0.6 is 11.6 Å². The van der Waals surface area contributed by atoms with Crippen LogP contribution in [-0.4, -0.2) is 41.8 Å². The number of aliphatic hydroxyl groups is 1. The van der Waals surface area contributed by atoms with Gasteiger partial charge in [0.05, 0.1) is 25.2 Å². The van der Waals surface area contributed by atoms with E-state index in [1.807, 2.05) is 18.2 Å². The minimum Gasteiger partial charge on any atom is -0.394 e. The predicted molar refractivity (Wildman–Crippen MR) is 97.6 cm³/mol. The predicted octanol–water partition coefficient (Wildman–Crippen LogP) is 1.78. The summed E-state index contributed by atoms with van der Waals surface area (Å²) in [6.07, 6.45) is 2.76. The monoisotopic (exact) mass is 380 g/mol. The molecule has 3 atom stereocenters. The maximum absolute atomic E-state index is 12.2. The van der Waals surface area contributed by atoms with Crippen molar-refractivity contribution in [2.75, 3.05) is 6.61 Å². The molecule has 3 N–H and O–H groups in total. The number of carbonyl (C=O) groups excluding carboxylic acids is 2. The smallest absolute Gasteiger partial charge is 0.223 e. The van der Waals surface area contributed by atoms with Gasteiger partial charge in [-0.05, 0) is 37.3 Å². The van der Waals surface area contributed by atoms with Crippen molar-refractivity contribution in [3.05, 3.63) is 34.9 Å². The van der Waals surface area contributed by atoms with Crippen molar-refractivity contribution in [1.29, 1.82) is 0 Å². The van der Waals surface area contributed by atoms with Gasteiger partial charge in [0.1, 0.15) is 6.10 Å². The van der Waals surface area contributed by atoms with Crippen LogP contribution in [-0.2, 0) is 20.9 Å². The summed E-state index contributed by atoms with van der Waals surface area (Å²) in [7, 11) is 0. The second-order valence-electron chi connectivity index (χ2n) is 7.02. The van der Waals surface area contributed by atoms with Crippen LogP contribution in [0.25, 0.3) is 0 Å². The fourth-order valence-electron chi connectivity index (χ4n) is 3.21. The normalized spacial score (nSPS) is 25.5. The second-order valence-corrected chi connectivity index (χ2v) is 7.43. The van der Waals surface area contributed by atoms with E-state index in [-0.39, 0.29) is 42.9 Å². The molecule has 1 aliphatic carbocycles. The van der Waals surface area contributed by atoms with Crippen LogP contribution in [0.2, 0.25) is 5.02 Å². The largest absolute Gasteiger partial charge is 0.394 e. The first-order chi connectivity index (χ1) is 12.6. The van der Waals surface area contributed by atoms with E-state index in [0.29, 0.717) is 24.4 Å². The van der Waals surface area contributed by atoms with Crippen molar-refractivity contribution in [3.8, 4) is 0 Å². The molecule has 2 fully saturated rings. The molecule has 3 rings (SSSR count). The highest BCUT2D eigenvalue weighted by atomic mass is 35.5. The Morgan fingerprint density at radius 3 is 2.65 bits per heavy atom. The van der Waals surface area contributed by atoms with Gasteiger partial charge in [0.15, 0.2) is 0 Å². The van der Waals surface area contributed by atoms with Crippen molar-refractivity contribution in [1.82, 2.24) is 10.6 Å². The van der Waals surface area contributed by atoms with E-state index in [1.54, 1.807) is 6.07 Å². The Balaban J connectivity index is 1.44. The average molecular weight is 381 g/mol. The highest BCUT2D eigenvalue weighted by Gasteiger charge is 2.36. The molecule has 26 heavy (non-hydrogen) atoms. The Hall–Kier alpha value is -1.63. The lowest BCUT2D eigenvalue weighted by atomic mass is 9.96. The van der Waals surface area contributed by atoms with Gasteiger partial charge < -0.3 is 20.5 Å². The highest BCUT2D eigenvalue weighted by Crippen LogP contribution is 2.30. The summed E-state index contributed by atoms with van der Waals surface area (Å²) in [4.78, 5) is 24.1. The highest BCUT2D eigenvalue weighted by molar-refractivity contribution is 6.31. The molecule has 0 spiro atoms. The van der Waals surface area contributed by atoms with Crippen LogP contribution in [0, 0.1) is 5.92 Å². The van der Waals surface area contributed by atoms with Crippen molar-refractivity contribution in [2.45, 2.75) is 56.9 Å². The zero-order valence-electron chi connectivity index (χ0n) is 14.6. The SMILES string of the molecule is O=C(C[C@H]1CC[C@@H](NC(=O)C2CC2)[C@H](CO)O1)NCc1ccccc1Cl. The van der Waals surface area contributed by atoms with Gasteiger partial charge in [-0.1, -0.05) is 29.8 Å². The average Bonchev–Trinajstić information content (AvgIpc) is 3.47. The minimum atomic E-state index is -0.465. The molecular formula is C19H25ClN2O4. The third-order valence-corrected chi connectivity index (χ3v) is 5.29. The molecule has 1 saturated carbocycles. The van der Waals surface area contributed by atoms with Crippen molar-refractivity contribution in [2.24, 2.45) is 5.92 Å². The number of benzene rings is 1. The first-order valence-corrected chi connectivity index (χ1v) is 9.51. The van der Waals surface area contributed by atoms with E-state index in [0.717, 1.165) is 18.4 Å².